The minimum atomic E-state index is 0.397. The van der Waals surface area contributed by atoms with Gasteiger partial charge in [-0.3, -0.25) is 0 Å². The van der Waals surface area contributed by atoms with E-state index < -0.39 is 0 Å². The summed E-state index contributed by atoms with van der Waals surface area (Å²) < 4.78 is 10.8. The van der Waals surface area contributed by atoms with Gasteiger partial charge in [0.1, 0.15) is 18.1 Å². The first-order chi connectivity index (χ1) is 9.25. The van der Waals surface area contributed by atoms with Crippen molar-refractivity contribution in [1.29, 1.82) is 5.26 Å². The number of ether oxygens (including phenoxy) is 2. The van der Waals surface area contributed by atoms with Crippen LogP contribution in [0.1, 0.15) is 23.2 Å². The zero-order chi connectivity index (χ0) is 13.7. The molecule has 0 N–H and O–H groups in total. The number of nitriles is 1. The van der Waals surface area contributed by atoms with Crippen LogP contribution in [0.25, 0.3) is 0 Å². The summed E-state index contributed by atoms with van der Waals surface area (Å²) in [5.41, 5.74) is 1.42. The molecule has 1 heterocycles. The third-order valence-electron chi connectivity index (χ3n) is 2.53. The number of aryl methyl sites for hydroxylation is 1. The summed E-state index contributed by atoms with van der Waals surface area (Å²) in [6.45, 7) is 2.47. The molecule has 0 atom stereocenters. The largest absolute Gasteiger partial charge is 0.497 e. The highest BCUT2D eigenvalue weighted by molar-refractivity contribution is 7.09. The minimum absolute atomic E-state index is 0.397. The molecule has 0 fully saturated rings. The van der Waals surface area contributed by atoms with Crippen molar-refractivity contribution in [1.82, 2.24) is 4.98 Å². The Morgan fingerprint density at radius 1 is 1.32 bits per heavy atom. The Morgan fingerprint density at radius 3 is 2.74 bits per heavy atom. The summed E-state index contributed by atoms with van der Waals surface area (Å²) in [7, 11) is 1.56. The standard InChI is InChI=1S/C14H14N2O2S/c1-3-14-16-11(9-19-14)8-18-13-5-10(7-15)4-12(6-13)17-2/h4-6,9H,3,8H2,1-2H3. The van der Waals surface area contributed by atoms with Gasteiger partial charge in [0.2, 0.25) is 0 Å². The fourth-order valence-corrected chi connectivity index (χ4v) is 2.30. The summed E-state index contributed by atoms with van der Waals surface area (Å²) in [5.74, 6) is 1.23. The van der Waals surface area contributed by atoms with Crippen LogP contribution in [0, 0.1) is 11.3 Å². The van der Waals surface area contributed by atoms with Gasteiger partial charge in [0, 0.05) is 11.4 Å². The molecule has 0 radical (unpaired) electrons. The van der Waals surface area contributed by atoms with Crippen molar-refractivity contribution < 1.29 is 9.47 Å². The smallest absolute Gasteiger partial charge is 0.131 e. The molecule has 0 unspecified atom stereocenters. The van der Waals surface area contributed by atoms with E-state index in [9.17, 15) is 0 Å². The molecule has 0 bridgehead atoms. The van der Waals surface area contributed by atoms with E-state index in [1.54, 1.807) is 36.6 Å². The monoisotopic (exact) mass is 274 g/mol. The fourth-order valence-electron chi connectivity index (χ4n) is 1.57. The molecule has 5 heteroatoms. The van der Waals surface area contributed by atoms with Gasteiger partial charge in [0.25, 0.3) is 0 Å². The lowest BCUT2D eigenvalue weighted by Gasteiger charge is -2.07. The second kappa shape index (κ2) is 6.21. The van der Waals surface area contributed by atoms with Crippen LogP contribution in [0.5, 0.6) is 11.5 Å². The first-order valence-electron chi connectivity index (χ1n) is 5.90. The van der Waals surface area contributed by atoms with Gasteiger partial charge in [-0.25, -0.2) is 4.98 Å². The van der Waals surface area contributed by atoms with E-state index in [1.807, 2.05) is 5.38 Å². The Balaban J connectivity index is 2.08. The van der Waals surface area contributed by atoms with Crippen molar-refractivity contribution >= 4 is 11.3 Å². The van der Waals surface area contributed by atoms with Crippen molar-refractivity contribution in [2.24, 2.45) is 0 Å². The third-order valence-corrected chi connectivity index (χ3v) is 3.58. The van der Waals surface area contributed by atoms with Gasteiger partial charge in [-0.2, -0.15) is 5.26 Å². The number of benzene rings is 1. The third kappa shape index (κ3) is 3.46. The molecule has 0 aliphatic rings. The Morgan fingerprint density at radius 2 is 2.11 bits per heavy atom. The van der Waals surface area contributed by atoms with Crippen LogP contribution in [0.3, 0.4) is 0 Å². The maximum Gasteiger partial charge on any atom is 0.131 e. The predicted molar refractivity (Wildman–Crippen MR) is 73.5 cm³/mol. The molecule has 2 aromatic rings. The second-order valence-corrected chi connectivity index (χ2v) is 4.83. The van der Waals surface area contributed by atoms with E-state index in [0.29, 0.717) is 23.7 Å². The molecule has 0 aliphatic heterocycles. The maximum atomic E-state index is 8.93. The summed E-state index contributed by atoms with van der Waals surface area (Å²) >= 11 is 1.63. The molecule has 0 saturated carbocycles. The van der Waals surface area contributed by atoms with E-state index in [-0.39, 0.29) is 0 Å². The average molecular weight is 274 g/mol. The Bertz CT molecular complexity index is 602. The predicted octanol–water partition coefficient (Wildman–Crippen LogP) is 3.16. The van der Waals surface area contributed by atoms with Crippen molar-refractivity contribution in [2.75, 3.05) is 7.11 Å². The van der Waals surface area contributed by atoms with Gasteiger partial charge in [-0.1, -0.05) is 6.92 Å². The fraction of sp³-hybridized carbons (Fsp3) is 0.286. The number of rotatable bonds is 5. The number of methoxy groups -OCH3 is 1. The van der Waals surface area contributed by atoms with Crippen LogP contribution >= 0.6 is 11.3 Å². The Kier molecular flexibility index (Phi) is 4.37. The minimum Gasteiger partial charge on any atom is -0.497 e. The average Bonchev–Trinajstić information content (AvgIpc) is 2.92. The normalized spacial score (nSPS) is 9.95. The van der Waals surface area contributed by atoms with Crippen molar-refractivity contribution in [3.05, 3.63) is 39.8 Å². The number of nitrogens with zero attached hydrogens (tertiary/aromatic N) is 2. The molecule has 1 aromatic carbocycles. The quantitative estimate of drug-likeness (QED) is 0.840. The van der Waals surface area contributed by atoms with E-state index in [1.165, 1.54) is 0 Å². The molecule has 98 valence electrons. The summed E-state index contributed by atoms with van der Waals surface area (Å²) in [6.07, 6.45) is 0.933. The van der Waals surface area contributed by atoms with Crippen molar-refractivity contribution in [3.8, 4) is 17.6 Å². The van der Waals surface area contributed by atoms with E-state index in [0.717, 1.165) is 17.1 Å². The molecule has 0 spiro atoms. The molecular formula is C14H14N2O2S. The lowest BCUT2D eigenvalue weighted by molar-refractivity contribution is 0.299. The Hall–Kier alpha value is -2.06. The SMILES string of the molecule is CCc1nc(COc2cc(C#N)cc(OC)c2)cs1. The van der Waals surface area contributed by atoms with Crippen LogP contribution in [0.15, 0.2) is 23.6 Å². The van der Waals surface area contributed by atoms with E-state index >= 15 is 0 Å². The zero-order valence-corrected chi connectivity index (χ0v) is 11.7. The number of thiazole rings is 1. The Labute approximate surface area is 116 Å². The summed E-state index contributed by atoms with van der Waals surface area (Å²) in [6, 6.07) is 7.20. The van der Waals surface area contributed by atoms with Gasteiger partial charge in [-0.15, -0.1) is 11.3 Å². The van der Waals surface area contributed by atoms with E-state index in [4.69, 9.17) is 14.7 Å². The number of hydrogen-bond donors (Lipinski definition) is 0. The topological polar surface area (TPSA) is 55.1 Å². The maximum absolute atomic E-state index is 8.93. The first-order valence-corrected chi connectivity index (χ1v) is 6.78. The number of aromatic nitrogens is 1. The van der Waals surface area contributed by atoms with Crippen molar-refractivity contribution in [2.45, 2.75) is 20.0 Å². The highest BCUT2D eigenvalue weighted by Gasteiger charge is 2.05. The molecular weight excluding hydrogens is 260 g/mol. The highest BCUT2D eigenvalue weighted by Crippen LogP contribution is 2.23. The zero-order valence-electron chi connectivity index (χ0n) is 10.8. The first kappa shape index (κ1) is 13.4. The molecule has 0 aliphatic carbocycles. The lowest BCUT2D eigenvalue weighted by Crippen LogP contribution is -1.97. The molecule has 19 heavy (non-hydrogen) atoms. The molecule has 2 rings (SSSR count). The van der Waals surface area contributed by atoms with Gasteiger partial charge in [0.05, 0.1) is 29.4 Å². The second-order valence-electron chi connectivity index (χ2n) is 3.88. The number of hydrogen-bond acceptors (Lipinski definition) is 5. The van der Waals surface area contributed by atoms with Crippen LogP contribution < -0.4 is 9.47 Å². The van der Waals surface area contributed by atoms with Gasteiger partial charge in [-0.05, 0) is 18.6 Å². The summed E-state index contributed by atoms with van der Waals surface area (Å²) in [4.78, 5) is 4.43. The van der Waals surface area contributed by atoms with E-state index in [2.05, 4.69) is 18.0 Å². The van der Waals surface area contributed by atoms with Crippen molar-refractivity contribution in [3.63, 3.8) is 0 Å². The van der Waals surface area contributed by atoms with Crippen LogP contribution in [-0.4, -0.2) is 12.1 Å². The van der Waals surface area contributed by atoms with Crippen LogP contribution in [-0.2, 0) is 13.0 Å². The molecule has 0 amide bonds. The highest BCUT2D eigenvalue weighted by atomic mass is 32.1. The van der Waals surface area contributed by atoms with Crippen LogP contribution in [0.4, 0.5) is 0 Å². The lowest BCUT2D eigenvalue weighted by atomic mass is 10.2. The summed E-state index contributed by atoms with van der Waals surface area (Å²) in [5, 5.41) is 12.0. The van der Waals surface area contributed by atoms with Gasteiger partial charge >= 0.3 is 0 Å². The van der Waals surface area contributed by atoms with Crippen LogP contribution in [0.2, 0.25) is 0 Å². The molecule has 1 aromatic heterocycles. The van der Waals surface area contributed by atoms with Gasteiger partial charge in [0.15, 0.2) is 0 Å². The van der Waals surface area contributed by atoms with Gasteiger partial charge < -0.3 is 9.47 Å². The molecule has 0 saturated heterocycles. The molecule has 4 nitrogen and oxygen atoms in total.